The van der Waals surface area contributed by atoms with Crippen LogP contribution in [0.1, 0.15) is 144 Å². The molecule has 0 unspecified atom stereocenters. The van der Waals surface area contributed by atoms with E-state index < -0.39 is 5.60 Å². The first kappa shape index (κ1) is 55.5. The molecule has 0 radical (unpaired) electrons. The third kappa shape index (κ3) is 10.9. The molecular weight excluding hydrogens is 1040 g/mol. The molecule has 8 aromatic rings. The summed E-state index contributed by atoms with van der Waals surface area (Å²) in [5.41, 5.74) is 11.0. The Kier molecular flexibility index (Phi) is 16.2. The number of hydrogen-bond acceptors (Lipinski definition) is 8. The van der Waals surface area contributed by atoms with Gasteiger partial charge in [0.15, 0.2) is 5.60 Å². The Labute approximate surface area is 497 Å². The van der Waals surface area contributed by atoms with Crippen LogP contribution in [0.25, 0.3) is 39.1 Å². The van der Waals surface area contributed by atoms with Gasteiger partial charge in [0.1, 0.15) is 46.0 Å². The molecule has 0 aromatic heterocycles. The average Bonchev–Trinajstić information content (AvgIpc) is 1.66. The number of methoxy groups -OCH3 is 1. The van der Waals surface area contributed by atoms with Crippen molar-refractivity contribution < 1.29 is 33.2 Å². The highest BCUT2D eigenvalue weighted by Gasteiger charge is 2.52. The highest BCUT2D eigenvalue weighted by Crippen LogP contribution is 2.65. The first-order valence-electron chi connectivity index (χ1n) is 31.5. The molecule has 18 rings (SSSR count). The molecule has 8 aromatic carbocycles. The van der Waals surface area contributed by atoms with Crippen LogP contribution in [0.2, 0.25) is 0 Å². The number of ether oxygens (including phenoxy) is 7. The lowest BCUT2D eigenvalue weighted by atomic mass is 9.58. The van der Waals surface area contributed by atoms with Crippen molar-refractivity contribution in [2.75, 3.05) is 51.5 Å². The highest BCUT2D eigenvalue weighted by molar-refractivity contribution is 6.10. The second kappa shape index (κ2) is 24.5. The molecule has 1 saturated heterocycles. The minimum Gasteiger partial charge on any atom is -0.496 e. The molecule has 0 atom stereocenters. The van der Waals surface area contributed by atoms with Gasteiger partial charge < -0.3 is 38.1 Å². The molecule has 8 aliphatic heterocycles. The number of hydrogen-bond donors (Lipinski definition) is 0. The summed E-state index contributed by atoms with van der Waals surface area (Å²) >= 11 is 0. The van der Waals surface area contributed by atoms with Gasteiger partial charge in [0.25, 0.3) is 0 Å². The molecule has 2 aliphatic carbocycles. The van der Waals surface area contributed by atoms with Crippen LogP contribution in [-0.2, 0) is 15.8 Å². The fraction of sp³-hybridized carbons (Fsp3) is 0.368. The van der Waals surface area contributed by atoms with Gasteiger partial charge in [-0.05, 0) is 180 Å². The molecule has 2 spiro atoms. The van der Waals surface area contributed by atoms with Crippen molar-refractivity contribution in [3.05, 3.63) is 192 Å². The van der Waals surface area contributed by atoms with E-state index in [9.17, 15) is 0 Å². The van der Waals surface area contributed by atoms with Gasteiger partial charge in [-0.1, -0.05) is 145 Å². The van der Waals surface area contributed by atoms with Crippen LogP contribution in [0.3, 0.4) is 0 Å². The molecule has 84 heavy (non-hydrogen) atoms. The van der Waals surface area contributed by atoms with Crippen molar-refractivity contribution in [3.63, 3.8) is 0 Å². The van der Waals surface area contributed by atoms with Crippen molar-refractivity contribution in [1.82, 2.24) is 0 Å². The van der Waals surface area contributed by atoms with Gasteiger partial charge in [-0.2, -0.15) is 0 Å². The van der Waals surface area contributed by atoms with Gasteiger partial charge in [0.05, 0.1) is 33.5 Å². The highest BCUT2D eigenvalue weighted by atomic mass is 16.5. The molecule has 0 N–H and O–H groups in total. The predicted molar refractivity (Wildman–Crippen MR) is 340 cm³/mol. The number of anilines is 1. The van der Waals surface area contributed by atoms with Gasteiger partial charge in [-0.25, -0.2) is 0 Å². The van der Waals surface area contributed by atoms with Crippen LogP contribution < -0.4 is 33.3 Å². The second-order valence-corrected chi connectivity index (χ2v) is 24.2. The van der Waals surface area contributed by atoms with Gasteiger partial charge in [-0.3, -0.25) is 0 Å². The van der Waals surface area contributed by atoms with E-state index in [-0.39, 0.29) is 5.41 Å². The zero-order valence-electron chi connectivity index (χ0n) is 49.5. The first-order valence-corrected chi connectivity index (χ1v) is 31.5. The first-order chi connectivity index (χ1) is 41.4. The van der Waals surface area contributed by atoms with Gasteiger partial charge in [0.2, 0.25) is 0 Å². The van der Waals surface area contributed by atoms with E-state index in [2.05, 4.69) is 140 Å². The summed E-state index contributed by atoms with van der Waals surface area (Å²) in [5, 5.41) is 2.19. The van der Waals surface area contributed by atoms with Crippen molar-refractivity contribution in [3.8, 4) is 68.2 Å². The van der Waals surface area contributed by atoms with E-state index in [1.807, 2.05) is 48.5 Å². The third-order valence-electron chi connectivity index (χ3n) is 19.5. The van der Waals surface area contributed by atoms with Crippen molar-refractivity contribution >= 4 is 22.5 Å². The number of fused-ring (bicyclic) bond motifs is 12. The number of benzene rings is 8. The quantitative estimate of drug-likeness (QED) is 0.169. The van der Waals surface area contributed by atoms with Gasteiger partial charge >= 0.3 is 0 Å². The maximum absolute atomic E-state index is 8.06. The number of morpholine rings is 1. The third-order valence-corrected chi connectivity index (χ3v) is 19.5. The molecule has 0 amide bonds. The van der Waals surface area contributed by atoms with Gasteiger partial charge in [-0.15, -0.1) is 0 Å². The topological polar surface area (TPSA) is 67.9 Å². The van der Waals surface area contributed by atoms with Crippen LogP contribution >= 0.6 is 0 Å². The molecule has 8 bridgehead atoms. The Morgan fingerprint density at radius 2 is 1.01 bits per heavy atom. The number of nitrogens with zero attached hydrogens (tertiary/aromatic N) is 1. The van der Waals surface area contributed by atoms with E-state index in [4.69, 9.17) is 33.2 Å². The fourth-order valence-electron chi connectivity index (χ4n) is 14.4. The summed E-state index contributed by atoms with van der Waals surface area (Å²) in [6, 6.07) is 55.8. The molecule has 2 fully saturated rings. The molecular formula is C76H81NO7. The summed E-state index contributed by atoms with van der Waals surface area (Å²) in [7, 11) is 1.79. The largest absolute Gasteiger partial charge is 0.496 e. The maximum Gasteiger partial charge on any atom is 0.178 e. The van der Waals surface area contributed by atoms with Crippen molar-refractivity contribution in [2.45, 2.75) is 128 Å². The van der Waals surface area contributed by atoms with Gasteiger partial charge in [0, 0.05) is 51.8 Å². The van der Waals surface area contributed by atoms with E-state index in [1.165, 1.54) is 110 Å². The lowest BCUT2D eigenvalue weighted by Crippen LogP contribution is -2.38. The van der Waals surface area contributed by atoms with E-state index in [0.29, 0.717) is 5.41 Å². The predicted octanol–water partition coefficient (Wildman–Crippen LogP) is 19.6. The standard InChI is InChI=1S/C76H81NO7/c1-4-74(5-2)42-44-75(45-43-74)69-19-15-14-18-64(69)71-67-52-66(54-20-26-57(27-21-54)77-46-50-79-51-47-77)70(78-3)53-68(67)73-65(72(71)75)40-41-76(84-73)55-22-28-60(29-23-55)82-62-36-32-58(33-37-62)80-48-16-12-10-8-6-7-9-11-13-17-49-81-59-34-38-63(39-35-59)83-61-30-24-56(76)25-31-61/h14-15,18-41,52-53H,4-13,16-17,42-51H2,1-3H3. The Hall–Kier alpha value is -7.68. The molecule has 1 saturated carbocycles. The molecule has 8 nitrogen and oxygen atoms in total. The second-order valence-electron chi connectivity index (χ2n) is 24.2. The lowest BCUT2D eigenvalue weighted by molar-refractivity contribution is 0.122. The lowest BCUT2D eigenvalue weighted by Gasteiger charge is -2.47. The monoisotopic (exact) mass is 1120 g/mol. The maximum atomic E-state index is 8.06. The summed E-state index contributed by atoms with van der Waals surface area (Å²) in [4.78, 5) is 2.41. The normalized spacial score (nSPS) is 18.4. The molecule has 8 heterocycles. The zero-order chi connectivity index (χ0) is 56.9. The van der Waals surface area contributed by atoms with Crippen LogP contribution in [0.4, 0.5) is 5.69 Å². The Bertz CT molecular complexity index is 3460. The van der Waals surface area contributed by atoms with Crippen LogP contribution in [0.5, 0.6) is 46.0 Å². The zero-order valence-corrected chi connectivity index (χ0v) is 49.5. The fourth-order valence-corrected chi connectivity index (χ4v) is 14.4. The molecule has 432 valence electrons. The van der Waals surface area contributed by atoms with Crippen molar-refractivity contribution in [1.29, 1.82) is 0 Å². The van der Waals surface area contributed by atoms with Crippen LogP contribution in [0, 0.1) is 5.41 Å². The van der Waals surface area contributed by atoms with Crippen LogP contribution in [-0.4, -0.2) is 46.6 Å². The Balaban J connectivity index is 0.926. The van der Waals surface area contributed by atoms with E-state index >= 15 is 0 Å². The van der Waals surface area contributed by atoms with E-state index in [0.717, 1.165) is 144 Å². The Morgan fingerprint density at radius 1 is 0.500 bits per heavy atom. The summed E-state index contributed by atoms with van der Waals surface area (Å²) < 4.78 is 45.7. The SMILES string of the molecule is CCC1(CC)CCC2(CC1)c1ccccc1-c1c2c2c(c3cc(OC)c(-c4ccc(N5CCOCC5)cc4)cc13)OC1(C=C2)c2ccc(cc2)Oc2ccc(cc2)OCCCCCCCCCCCCOc2ccc(cc2)Oc2ccc1cc2. The van der Waals surface area contributed by atoms with Crippen LogP contribution in [0.15, 0.2) is 164 Å². The smallest absolute Gasteiger partial charge is 0.178 e. The minimum absolute atomic E-state index is 0.191. The minimum atomic E-state index is -1.06. The van der Waals surface area contributed by atoms with Crippen molar-refractivity contribution in [2.24, 2.45) is 5.41 Å². The number of rotatable bonds is 5. The van der Waals surface area contributed by atoms with E-state index in [1.54, 1.807) is 7.11 Å². The summed E-state index contributed by atoms with van der Waals surface area (Å²) in [5.74, 6) is 6.34. The summed E-state index contributed by atoms with van der Waals surface area (Å²) in [6.45, 7) is 9.49. The molecule has 10 aliphatic rings. The summed E-state index contributed by atoms with van der Waals surface area (Å²) in [6.07, 6.45) is 23.8. The Morgan fingerprint density at radius 3 is 1.55 bits per heavy atom. The molecule has 8 heteroatoms. The average molecular weight is 1120 g/mol.